The van der Waals surface area contributed by atoms with E-state index < -0.39 is 0 Å². The van der Waals surface area contributed by atoms with Crippen molar-refractivity contribution in [2.24, 2.45) is 0 Å². The summed E-state index contributed by atoms with van der Waals surface area (Å²) >= 11 is 12.0. The highest BCUT2D eigenvalue weighted by atomic mass is 35.5. The molecular formula is C14H15Cl2N3. The summed E-state index contributed by atoms with van der Waals surface area (Å²) in [7, 11) is 0. The van der Waals surface area contributed by atoms with Crippen LogP contribution in [0.1, 0.15) is 24.7 Å². The van der Waals surface area contributed by atoms with Crippen LogP contribution in [0.2, 0.25) is 10.2 Å². The Balaban J connectivity index is 2.30. The molecule has 1 aromatic carbocycles. The van der Waals surface area contributed by atoms with Crippen LogP contribution < -0.4 is 5.32 Å². The molecule has 0 saturated heterocycles. The Morgan fingerprint density at radius 3 is 2.42 bits per heavy atom. The van der Waals surface area contributed by atoms with Gasteiger partial charge in [-0.05, 0) is 37.6 Å². The predicted molar refractivity (Wildman–Crippen MR) is 80.5 cm³/mol. The number of anilines is 2. The molecule has 0 aliphatic rings. The lowest BCUT2D eigenvalue weighted by Gasteiger charge is -2.11. The first-order valence-electron chi connectivity index (χ1n) is 6.15. The molecule has 1 aromatic heterocycles. The van der Waals surface area contributed by atoms with Gasteiger partial charge in [0, 0.05) is 22.7 Å². The molecule has 1 N–H and O–H groups in total. The highest BCUT2D eigenvalue weighted by Crippen LogP contribution is 2.24. The van der Waals surface area contributed by atoms with Crippen LogP contribution in [0.4, 0.5) is 11.5 Å². The molecule has 0 spiro atoms. The van der Waals surface area contributed by atoms with Crippen molar-refractivity contribution in [2.75, 3.05) is 5.32 Å². The van der Waals surface area contributed by atoms with E-state index >= 15 is 0 Å². The van der Waals surface area contributed by atoms with Crippen LogP contribution in [-0.2, 0) is 6.42 Å². The molecule has 0 aliphatic heterocycles. The van der Waals surface area contributed by atoms with E-state index in [2.05, 4.69) is 22.2 Å². The molecule has 5 heteroatoms. The van der Waals surface area contributed by atoms with Gasteiger partial charge in [0.15, 0.2) is 0 Å². The molecular weight excluding hydrogens is 281 g/mol. The first-order chi connectivity index (χ1) is 9.10. The van der Waals surface area contributed by atoms with Crippen molar-refractivity contribution in [1.82, 2.24) is 9.97 Å². The minimum absolute atomic E-state index is 0.495. The molecule has 2 rings (SSSR count). The fourth-order valence-corrected chi connectivity index (χ4v) is 1.97. The van der Waals surface area contributed by atoms with Crippen LogP contribution in [-0.4, -0.2) is 9.97 Å². The van der Waals surface area contributed by atoms with Crippen molar-refractivity contribution in [3.63, 3.8) is 0 Å². The normalized spacial score (nSPS) is 10.5. The zero-order valence-electron chi connectivity index (χ0n) is 10.9. The number of hydrogen-bond acceptors (Lipinski definition) is 3. The molecule has 0 aliphatic carbocycles. The maximum absolute atomic E-state index is 6.13. The van der Waals surface area contributed by atoms with Gasteiger partial charge in [-0.25, -0.2) is 9.97 Å². The van der Waals surface area contributed by atoms with E-state index in [1.807, 2.05) is 31.2 Å². The van der Waals surface area contributed by atoms with E-state index in [1.165, 1.54) is 0 Å². The van der Waals surface area contributed by atoms with Crippen LogP contribution in [0.25, 0.3) is 0 Å². The van der Waals surface area contributed by atoms with Gasteiger partial charge in [-0.3, -0.25) is 0 Å². The van der Waals surface area contributed by atoms with Gasteiger partial charge < -0.3 is 5.32 Å². The predicted octanol–water partition coefficient (Wildman–Crippen LogP) is 4.79. The molecule has 100 valence electrons. The first-order valence-corrected chi connectivity index (χ1v) is 6.91. The Kier molecular flexibility index (Phi) is 4.61. The van der Waals surface area contributed by atoms with E-state index in [1.54, 1.807) is 0 Å². The lowest BCUT2D eigenvalue weighted by Crippen LogP contribution is -2.03. The van der Waals surface area contributed by atoms with Gasteiger partial charge in [-0.2, -0.15) is 0 Å². The molecule has 0 unspecified atom stereocenters. The molecule has 1 heterocycles. The highest BCUT2D eigenvalue weighted by molar-refractivity contribution is 6.30. The monoisotopic (exact) mass is 295 g/mol. The number of rotatable bonds is 4. The van der Waals surface area contributed by atoms with Gasteiger partial charge in [0.1, 0.15) is 16.8 Å². The van der Waals surface area contributed by atoms with E-state index in [-0.39, 0.29) is 0 Å². The molecule has 0 amide bonds. The molecule has 0 radical (unpaired) electrons. The summed E-state index contributed by atoms with van der Waals surface area (Å²) in [6, 6.07) is 7.46. The quantitative estimate of drug-likeness (QED) is 0.824. The van der Waals surface area contributed by atoms with Crippen LogP contribution in [0.15, 0.2) is 24.3 Å². The van der Waals surface area contributed by atoms with Crippen LogP contribution in [0.3, 0.4) is 0 Å². The zero-order chi connectivity index (χ0) is 13.8. The minimum atomic E-state index is 0.495. The van der Waals surface area contributed by atoms with Crippen molar-refractivity contribution in [2.45, 2.75) is 26.7 Å². The number of aryl methyl sites for hydroxylation is 1. The smallest absolute Gasteiger partial charge is 0.138 e. The molecule has 0 saturated carbocycles. The van der Waals surface area contributed by atoms with E-state index in [9.17, 15) is 0 Å². The highest BCUT2D eigenvalue weighted by Gasteiger charge is 2.09. The Bertz CT molecular complexity index is 568. The molecule has 3 nitrogen and oxygen atoms in total. The fourth-order valence-electron chi connectivity index (χ4n) is 1.66. The number of aromatic nitrogens is 2. The number of halogens is 2. The van der Waals surface area contributed by atoms with Crippen molar-refractivity contribution >= 4 is 34.7 Å². The summed E-state index contributed by atoms with van der Waals surface area (Å²) in [6.45, 7) is 3.99. The average molecular weight is 296 g/mol. The van der Waals surface area contributed by atoms with Crippen molar-refractivity contribution in [1.29, 1.82) is 0 Å². The summed E-state index contributed by atoms with van der Waals surface area (Å²) in [5, 5.41) is 4.44. The minimum Gasteiger partial charge on any atom is -0.340 e. The van der Waals surface area contributed by atoms with E-state index in [0.717, 1.165) is 35.7 Å². The zero-order valence-corrected chi connectivity index (χ0v) is 12.4. The van der Waals surface area contributed by atoms with Gasteiger partial charge in [0.2, 0.25) is 0 Å². The van der Waals surface area contributed by atoms with E-state index in [4.69, 9.17) is 23.2 Å². The third kappa shape index (κ3) is 3.58. The number of nitrogens with zero attached hydrogens (tertiary/aromatic N) is 2. The summed E-state index contributed by atoms with van der Waals surface area (Å²) in [5.74, 6) is 1.50. The summed E-state index contributed by atoms with van der Waals surface area (Å²) in [4.78, 5) is 8.77. The maximum Gasteiger partial charge on any atom is 0.138 e. The Morgan fingerprint density at radius 2 is 1.79 bits per heavy atom. The molecule has 2 aromatic rings. The topological polar surface area (TPSA) is 37.8 Å². The second-order valence-electron chi connectivity index (χ2n) is 4.29. The lowest BCUT2D eigenvalue weighted by molar-refractivity contribution is 0.833. The van der Waals surface area contributed by atoms with Crippen molar-refractivity contribution < 1.29 is 0 Å². The molecule has 0 atom stereocenters. The Hall–Kier alpha value is -1.32. The van der Waals surface area contributed by atoms with Crippen LogP contribution in [0, 0.1) is 6.92 Å². The van der Waals surface area contributed by atoms with Crippen molar-refractivity contribution in [3.05, 3.63) is 45.8 Å². The summed E-state index contributed by atoms with van der Waals surface area (Å²) in [5.41, 5.74) is 1.76. The van der Waals surface area contributed by atoms with Crippen LogP contribution >= 0.6 is 23.2 Å². The molecule has 0 bridgehead atoms. The van der Waals surface area contributed by atoms with E-state index in [0.29, 0.717) is 10.2 Å². The second-order valence-corrected chi connectivity index (χ2v) is 5.08. The third-order valence-electron chi connectivity index (χ3n) is 2.71. The standard InChI is InChI=1S/C14H15Cl2N3/c1-3-4-12-18-13(16)9(2)14(19-12)17-11-7-5-10(15)6-8-11/h5-8H,3-4H2,1-2H3,(H,17,18,19). The van der Waals surface area contributed by atoms with Gasteiger partial charge in [-0.15, -0.1) is 0 Å². The number of benzene rings is 1. The fraction of sp³-hybridized carbons (Fsp3) is 0.286. The van der Waals surface area contributed by atoms with Gasteiger partial charge in [-0.1, -0.05) is 30.1 Å². The first kappa shape index (κ1) is 14.1. The Labute approximate surface area is 123 Å². The molecule has 0 fully saturated rings. The van der Waals surface area contributed by atoms with Gasteiger partial charge >= 0.3 is 0 Å². The summed E-state index contributed by atoms with van der Waals surface area (Å²) < 4.78 is 0. The Morgan fingerprint density at radius 1 is 1.11 bits per heavy atom. The maximum atomic E-state index is 6.13. The molecule has 19 heavy (non-hydrogen) atoms. The second kappa shape index (κ2) is 6.22. The lowest BCUT2D eigenvalue weighted by atomic mass is 10.2. The number of hydrogen-bond donors (Lipinski definition) is 1. The summed E-state index contributed by atoms with van der Waals surface area (Å²) in [6.07, 6.45) is 1.80. The third-order valence-corrected chi connectivity index (χ3v) is 3.33. The number of nitrogens with one attached hydrogen (secondary N) is 1. The van der Waals surface area contributed by atoms with Crippen LogP contribution in [0.5, 0.6) is 0 Å². The van der Waals surface area contributed by atoms with Gasteiger partial charge in [0.25, 0.3) is 0 Å². The largest absolute Gasteiger partial charge is 0.340 e. The SMILES string of the molecule is CCCc1nc(Cl)c(C)c(Nc2ccc(Cl)cc2)n1. The average Bonchev–Trinajstić information content (AvgIpc) is 2.38. The van der Waals surface area contributed by atoms with Crippen molar-refractivity contribution in [3.8, 4) is 0 Å². The van der Waals surface area contributed by atoms with Gasteiger partial charge in [0.05, 0.1) is 0 Å².